The van der Waals surface area contributed by atoms with Gasteiger partial charge in [0.25, 0.3) is 0 Å². The van der Waals surface area contributed by atoms with Crippen LogP contribution in [-0.4, -0.2) is 16.3 Å². The normalized spacial score (nSPS) is 12.1. The highest BCUT2D eigenvalue weighted by Crippen LogP contribution is 2.28. The number of hydrogen-bond acceptors (Lipinski definition) is 2. The zero-order valence-corrected chi connectivity index (χ0v) is 13.4. The van der Waals surface area contributed by atoms with Gasteiger partial charge in [-0.3, -0.25) is 4.79 Å². The number of thioether (sulfide) groups is 1. The largest absolute Gasteiger partial charge is 0.480 e. The van der Waals surface area contributed by atoms with Crippen molar-refractivity contribution in [3.63, 3.8) is 0 Å². The third kappa shape index (κ3) is 4.11. The van der Waals surface area contributed by atoms with Crippen molar-refractivity contribution in [3.8, 4) is 0 Å². The van der Waals surface area contributed by atoms with E-state index in [1.165, 1.54) is 28.5 Å². The van der Waals surface area contributed by atoms with Crippen molar-refractivity contribution in [3.05, 3.63) is 64.7 Å². The predicted octanol–water partition coefficient (Wildman–Crippen LogP) is 4.40. The van der Waals surface area contributed by atoms with Crippen molar-refractivity contribution in [1.29, 1.82) is 0 Å². The van der Waals surface area contributed by atoms with E-state index in [1.807, 2.05) is 30.3 Å². The highest BCUT2D eigenvalue weighted by molar-refractivity contribution is 8.00. The van der Waals surface area contributed by atoms with Crippen LogP contribution in [0.1, 0.15) is 22.3 Å². The minimum absolute atomic E-state index is 0.465. The molecule has 0 amide bonds. The van der Waals surface area contributed by atoms with Gasteiger partial charge in [-0.15, -0.1) is 11.8 Å². The minimum Gasteiger partial charge on any atom is -0.480 e. The predicted molar refractivity (Wildman–Crippen MR) is 88.1 cm³/mol. The van der Waals surface area contributed by atoms with E-state index in [-0.39, 0.29) is 0 Å². The van der Waals surface area contributed by atoms with Crippen LogP contribution in [0.15, 0.2) is 47.4 Å². The fourth-order valence-electron chi connectivity index (χ4n) is 2.56. The van der Waals surface area contributed by atoms with Crippen LogP contribution in [0.4, 0.5) is 0 Å². The molecule has 0 radical (unpaired) electrons. The van der Waals surface area contributed by atoms with E-state index >= 15 is 0 Å². The number of aryl methyl sites for hydroxylation is 3. The number of carboxylic acid groups (broad SMARTS) is 1. The maximum atomic E-state index is 11.6. The van der Waals surface area contributed by atoms with Crippen molar-refractivity contribution in [2.45, 2.75) is 37.3 Å². The molecule has 0 fully saturated rings. The molecule has 0 saturated carbocycles. The summed E-state index contributed by atoms with van der Waals surface area (Å²) in [5.41, 5.74) is 4.72. The molecular weight excluding hydrogens is 280 g/mol. The molecule has 2 aromatic carbocycles. The summed E-state index contributed by atoms with van der Waals surface area (Å²) in [4.78, 5) is 12.6. The van der Waals surface area contributed by atoms with Crippen LogP contribution in [0.2, 0.25) is 0 Å². The fourth-order valence-corrected chi connectivity index (χ4v) is 3.55. The molecule has 3 heteroatoms. The Balaban J connectivity index is 2.23. The highest BCUT2D eigenvalue weighted by Gasteiger charge is 2.21. The molecule has 2 aromatic rings. The summed E-state index contributed by atoms with van der Waals surface area (Å²) in [7, 11) is 0. The lowest BCUT2D eigenvalue weighted by Crippen LogP contribution is -2.20. The van der Waals surface area contributed by atoms with E-state index in [0.29, 0.717) is 6.42 Å². The molecule has 0 bridgehead atoms. The summed E-state index contributed by atoms with van der Waals surface area (Å²) in [6.07, 6.45) is 0.548. The van der Waals surface area contributed by atoms with Crippen LogP contribution < -0.4 is 0 Å². The number of hydrogen-bond donors (Lipinski definition) is 1. The Bertz CT molecular complexity index is 612. The first kappa shape index (κ1) is 15.6. The molecule has 2 nitrogen and oxygen atoms in total. The lowest BCUT2D eigenvalue weighted by molar-refractivity contribution is -0.136. The Hall–Kier alpha value is -1.74. The molecule has 0 aliphatic rings. The summed E-state index contributed by atoms with van der Waals surface area (Å²) >= 11 is 1.41. The Labute approximate surface area is 130 Å². The Morgan fingerprint density at radius 1 is 1.10 bits per heavy atom. The Morgan fingerprint density at radius 2 is 1.67 bits per heavy atom. The molecule has 2 rings (SSSR count). The van der Waals surface area contributed by atoms with E-state index in [9.17, 15) is 9.90 Å². The van der Waals surface area contributed by atoms with Crippen molar-refractivity contribution >= 4 is 17.7 Å². The van der Waals surface area contributed by atoms with Gasteiger partial charge in [-0.2, -0.15) is 0 Å². The van der Waals surface area contributed by atoms with Crippen LogP contribution in [0.5, 0.6) is 0 Å². The van der Waals surface area contributed by atoms with Gasteiger partial charge in [0.1, 0.15) is 5.25 Å². The molecule has 0 aliphatic heterocycles. The lowest BCUT2D eigenvalue weighted by Gasteiger charge is -2.16. The van der Waals surface area contributed by atoms with Gasteiger partial charge >= 0.3 is 5.97 Å². The lowest BCUT2D eigenvalue weighted by atomic mass is 9.96. The van der Waals surface area contributed by atoms with Gasteiger partial charge in [0.05, 0.1) is 0 Å². The number of aliphatic carboxylic acids is 1. The first-order valence-corrected chi connectivity index (χ1v) is 7.86. The molecule has 1 atom stereocenters. The SMILES string of the molecule is Cc1cc(C)c(C[C@H](Sc2ccccc2)C(=O)O)c(C)c1. The highest BCUT2D eigenvalue weighted by atomic mass is 32.2. The third-order valence-electron chi connectivity index (χ3n) is 3.53. The molecule has 21 heavy (non-hydrogen) atoms. The average molecular weight is 300 g/mol. The zero-order chi connectivity index (χ0) is 15.4. The number of carbonyl (C=O) groups is 1. The van der Waals surface area contributed by atoms with Crippen LogP contribution in [0, 0.1) is 20.8 Å². The molecule has 0 saturated heterocycles. The van der Waals surface area contributed by atoms with E-state index in [2.05, 4.69) is 32.9 Å². The molecule has 0 unspecified atom stereocenters. The van der Waals surface area contributed by atoms with Gasteiger partial charge in [0.2, 0.25) is 0 Å². The monoisotopic (exact) mass is 300 g/mol. The molecule has 1 N–H and O–H groups in total. The summed E-state index contributed by atoms with van der Waals surface area (Å²) in [5, 5.41) is 9.05. The molecule has 110 valence electrons. The molecular formula is C18H20O2S. The minimum atomic E-state index is -0.761. The maximum Gasteiger partial charge on any atom is 0.317 e. The Morgan fingerprint density at radius 3 is 2.19 bits per heavy atom. The van der Waals surface area contributed by atoms with Crippen molar-refractivity contribution in [2.75, 3.05) is 0 Å². The summed E-state index contributed by atoms with van der Waals surface area (Å²) in [6, 6.07) is 14.0. The van der Waals surface area contributed by atoms with Crippen LogP contribution >= 0.6 is 11.8 Å². The second kappa shape index (κ2) is 6.81. The van der Waals surface area contributed by atoms with Gasteiger partial charge in [-0.1, -0.05) is 35.9 Å². The maximum absolute atomic E-state index is 11.6. The zero-order valence-electron chi connectivity index (χ0n) is 12.6. The topological polar surface area (TPSA) is 37.3 Å². The Kier molecular flexibility index (Phi) is 5.07. The van der Waals surface area contributed by atoms with Crippen LogP contribution in [0.3, 0.4) is 0 Å². The molecule has 0 spiro atoms. The van der Waals surface area contributed by atoms with E-state index < -0.39 is 11.2 Å². The molecule has 0 heterocycles. The van der Waals surface area contributed by atoms with Gasteiger partial charge in [0, 0.05) is 4.90 Å². The first-order chi connectivity index (χ1) is 9.97. The van der Waals surface area contributed by atoms with Gasteiger partial charge in [-0.25, -0.2) is 0 Å². The number of rotatable bonds is 5. The van der Waals surface area contributed by atoms with Crippen LogP contribution in [0.25, 0.3) is 0 Å². The van der Waals surface area contributed by atoms with E-state index in [1.54, 1.807) is 0 Å². The summed E-state index contributed by atoms with van der Waals surface area (Å²) in [6.45, 7) is 6.18. The second-order valence-corrected chi connectivity index (χ2v) is 6.62. The molecule has 0 aliphatic carbocycles. The fraction of sp³-hybridized carbons (Fsp3) is 0.278. The summed E-state index contributed by atoms with van der Waals surface area (Å²) in [5.74, 6) is -0.761. The second-order valence-electron chi connectivity index (χ2n) is 5.34. The van der Waals surface area contributed by atoms with Crippen LogP contribution in [-0.2, 0) is 11.2 Å². The van der Waals surface area contributed by atoms with Crippen molar-refractivity contribution in [1.82, 2.24) is 0 Å². The van der Waals surface area contributed by atoms with Gasteiger partial charge in [-0.05, 0) is 56.0 Å². The van der Waals surface area contributed by atoms with Gasteiger partial charge in [0.15, 0.2) is 0 Å². The van der Waals surface area contributed by atoms with E-state index in [0.717, 1.165) is 10.5 Å². The third-order valence-corrected chi connectivity index (χ3v) is 4.72. The number of carboxylic acids is 1. The standard InChI is InChI=1S/C18H20O2S/c1-12-9-13(2)16(14(3)10-12)11-17(18(19)20)21-15-7-5-4-6-8-15/h4-10,17H,11H2,1-3H3,(H,19,20)/t17-/m0/s1. The van der Waals surface area contributed by atoms with Crippen molar-refractivity contribution in [2.24, 2.45) is 0 Å². The molecule has 0 aromatic heterocycles. The quantitative estimate of drug-likeness (QED) is 0.832. The summed E-state index contributed by atoms with van der Waals surface area (Å²) < 4.78 is 0. The van der Waals surface area contributed by atoms with Crippen molar-refractivity contribution < 1.29 is 9.90 Å². The first-order valence-electron chi connectivity index (χ1n) is 6.98. The van der Waals surface area contributed by atoms with E-state index in [4.69, 9.17) is 0 Å². The average Bonchev–Trinajstić information content (AvgIpc) is 2.42. The smallest absolute Gasteiger partial charge is 0.317 e. The van der Waals surface area contributed by atoms with Gasteiger partial charge < -0.3 is 5.11 Å². The number of benzene rings is 2.